The molecule has 2 heterocycles. The topological polar surface area (TPSA) is 519 Å². The number of nitrogens with one attached hydrogen (secondary N) is 8. The van der Waals surface area contributed by atoms with Gasteiger partial charge in [0.2, 0.25) is 76.8 Å². The average molecular weight is 1350 g/mol. The minimum atomic E-state index is -1.64. The van der Waals surface area contributed by atoms with Gasteiger partial charge in [0.05, 0.1) is 12.6 Å². The molecule has 2 fully saturated rings. The van der Waals surface area contributed by atoms with Gasteiger partial charge in [0, 0.05) is 45.3 Å². The Morgan fingerprint density at radius 3 is 1.51 bits per heavy atom. The Kier molecular flexibility index (Phi) is 33.9. The molecule has 0 saturated carbocycles. The summed E-state index contributed by atoms with van der Waals surface area (Å²) in [5.41, 5.74) is 40.6. The summed E-state index contributed by atoms with van der Waals surface area (Å²) in [6.45, 7) is 3.86. The lowest BCUT2D eigenvalue weighted by Gasteiger charge is -2.32. The number of hydrogen-bond acceptors (Lipinski definition) is 17. The van der Waals surface area contributed by atoms with Crippen molar-refractivity contribution in [3.63, 3.8) is 0 Å². The second-order valence-electron chi connectivity index (χ2n) is 24.1. The SMILES string of the molecule is CSCC[C@H](NC(=O)[C@@H](CC(C)C)NC(=O)CNC(=O)[C@H](Cc1ccccc1)NC(=O)[C@@H](Cc1ccccc1)NC(=O)[C@H](CCC(N)=O)NC(=O)[C@@H](CCC(N)=O)NC(=O)[C@@H]1CCCN1C(=O)[C@@H](CCCCN)NC(=O)[C@H]1CCCN1C(=O)[C@@H](N)CCCN=C(N)N)C(N)=O. The first kappa shape index (κ1) is 78.5. The van der Waals surface area contributed by atoms with Crippen LogP contribution in [0.25, 0.3) is 0 Å². The van der Waals surface area contributed by atoms with E-state index in [-0.39, 0.29) is 83.0 Å². The zero-order valence-electron chi connectivity index (χ0n) is 54.5. The first-order chi connectivity index (χ1) is 45.2. The van der Waals surface area contributed by atoms with Gasteiger partial charge in [0.15, 0.2) is 5.96 Å². The maximum atomic E-state index is 14.7. The summed E-state index contributed by atoms with van der Waals surface area (Å²) >= 11 is 1.45. The number of amides is 13. The van der Waals surface area contributed by atoms with Gasteiger partial charge >= 0.3 is 0 Å². The lowest BCUT2D eigenvalue weighted by atomic mass is 10.0. The minimum absolute atomic E-state index is 0.0736. The fourth-order valence-corrected chi connectivity index (χ4v) is 11.5. The normalized spacial score (nSPS) is 16.8. The van der Waals surface area contributed by atoms with Crippen molar-refractivity contribution in [2.75, 3.05) is 44.7 Å². The van der Waals surface area contributed by atoms with Gasteiger partial charge in [0.1, 0.15) is 54.4 Å². The van der Waals surface area contributed by atoms with Gasteiger partial charge in [-0.2, -0.15) is 11.8 Å². The number of carbonyl (C=O) groups is 13. The Morgan fingerprint density at radius 2 is 1.01 bits per heavy atom. The number of nitrogens with zero attached hydrogens (tertiary/aromatic N) is 3. The Morgan fingerprint density at radius 1 is 0.537 bits per heavy atom. The number of carbonyl (C=O) groups excluding carboxylic acids is 13. The van der Waals surface area contributed by atoms with E-state index >= 15 is 0 Å². The summed E-state index contributed by atoms with van der Waals surface area (Å²) in [7, 11) is 0. The fourth-order valence-electron chi connectivity index (χ4n) is 11.0. The first-order valence-corrected chi connectivity index (χ1v) is 33.6. The molecule has 2 aliphatic heterocycles. The van der Waals surface area contributed by atoms with E-state index in [1.807, 2.05) is 20.1 Å². The van der Waals surface area contributed by atoms with Gasteiger partial charge in [-0.3, -0.25) is 67.3 Å². The molecule has 0 spiro atoms. The summed E-state index contributed by atoms with van der Waals surface area (Å²) in [4.78, 5) is 185. The molecule has 13 amide bonds. The number of likely N-dealkylation sites (tertiary alicyclic amines) is 2. The molecule has 0 unspecified atom stereocenters. The predicted molar refractivity (Wildman–Crippen MR) is 356 cm³/mol. The lowest BCUT2D eigenvalue weighted by Crippen LogP contribution is -2.60. The molecule has 10 atom stereocenters. The van der Waals surface area contributed by atoms with Gasteiger partial charge in [-0.1, -0.05) is 74.5 Å². The molecule has 0 radical (unpaired) electrons. The van der Waals surface area contributed by atoms with Crippen LogP contribution in [0.3, 0.4) is 0 Å². The summed E-state index contributed by atoms with van der Waals surface area (Å²) < 4.78 is 0. The molecular weight excluding hydrogens is 1250 g/mol. The molecule has 524 valence electrons. The summed E-state index contributed by atoms with van der Waals surface area (Å²) in [6.07, 6.45) is 3.12. The van der Waals surface area contributed by atoms with Crippen LogP contribution in [-0.4, -0.2) is 198 Å². The smallest absolute Gasteiger partial charge is 0.245 e. The van der Waals surface area contributed by atoms with E-state index < -0.39 is 169 Å². The van der Waals surface area contributed by atoms with Gasteiger partial charge in [-0.25, -0.2) is 0 Å². The average Bonchev–Trinajstić information content (AvgIpc) is 1.74. The number of benzene rings is 2. The lowest BCUT2D eigenvalue weighted by molar-refractivity contribution is -0.144. The Labute approximate surface area is 558 Å². The standard InChI is InChI=1S/C63H98N18O13S/c1-37(2)33-45(57(89)74-41(53(68)85)27-32-95-3)73-52(84)36-72-54(86)46(34-38-15-6-4-7-16-38)78-58(90)47(35-39-17-8-5-9-18-39)79-56(88)42(23-25-50(66)82)75-55(87)43(24-26-51(67)83)76-59(91)49-22-14-31-81(49)62(94)44(20-10-11-28-64)77-60(92)48-21-13-30-80(48)61(93)40(65)19-12-29-71-63(69)70/h4-9,15-18,37,40-49H,10-14,19-36,64-65H2,1-3H3,(H2,66,82)(H2,67,83)(H2,68,85)(H,72,86)(H,73,84)(H,74,89)(H,75,87)(H,76,91)(H,77,92)(H,78,90)(H,79,88)(H4,69,70,71)/t40-,41-,42-,43+,44+,45+,46-,47+,48+,49-/m0/s1. The quantitative estimate of drug-likeness (QED) is 0.0173. The molecule has 0 bridgehead atoms. The number of rotatable bonds is 42. The molecule has 31 nitrogen and oxygen atoms in total. The van der Waals surface area contributed by atoms with E-state index in [0.29, 0.717) is 55.4 Å². The summed E-state index contributed by atoms with van der Waals surface area (Å²) in [5, 5.41) is 21.1. The van der Waals surface area contributed by atoms with Crippen LogP contribution in [0.1, 0.15) is 121 Å². The largest absolute Gasteiger partial charge is 0.370 e. The van der Waals surface area contributed by atoms with Crippen LogP contribution in [0.4, 0.5) is 0 Å². The van der Waals surface area contributed by atoms with E-state index in [0.717, 1.165) is 0 Å². The van der Waals surface area contributed by atoms with E-state index in [4.69, 9.17) is 40.1 Å². The number of primary amides is 3. The third kappa shape index (κ3) is 27.5. The third-order valence-corrected chi connectivity index (χ3v) is 16.7. The van der Waals surface area contributed by atoms with Crippen molar-refractivity contribution in [1.29, 1.82) is 0 Å². The number of aliphatic imine (C=N–C) groups is 1. The van der Waals surface area contributed by atoms with Crippen molar-refractivity contribution in [3.8, 4) is 0 Å². The van der Waals surface area contributed by atoms with Crippen molar-refractivity contribution in [1.82, 2.24) is 52.3 Å². The Balaban J connectivity index is 1.56. The summed E-state index contributed by atoms with van der Waals surface area (Å²) in [5.74, 6) is -9.80. The van der Waals surface area contributed by atoms with Gasteiger partial charge < -0.3 is 92.5 Å². The predicted octanol–water partition coefficient (Wildman–Crippen LogP) is -3.71. The van der Waals surface area contributed by atoms with Crippen molar-refractivity contribution < 1.29 is 62.3 Å². The van der Waals surface area contributed by atoms with Crippen LogP contribution in [0, 0.1) is 5.92 Å². The number of thioether (sulfide) groups is 1. The van der Waals surface area contributed by atoms with E-state index in [1.54, 1.807) is 60.7 Å². The highest BCUT2D eigenvalue weighted by molar-refractivity contribution is 7.98. The van der Waals surface area contributed by atoms with Crippen LogP contribution in [-0.2, 0) is 75.2 Å². The maximum Gasteiger partial charge on any atom is 0.245 e. The number of guanidine groups is 1. The van der Waals surface area contributed by atoms with Crippen LogP contribution < -0.4 is 82.7 Å². The molecule has 4 rings (SSSR count). The van der Waals surface area contributed by atoms with Crippen LogP contribution in [0.15, 0.2) is 65.7 Å². The molecule has 2 aromatic carbocycles. The van der Waals surface area contributed by atoms with Crippen LogP contribution >= 0.6 is 11.8 Å². The van der Waals surface area contributed by atoms with Crippen molar-refractivity contribution in [3.05, 3.63) is 71.8 Å². The first-order valence-electron chi connectivity index (χ1n) is 32.2. The van der Waals surface area contributed by atoms with Gasteiger partial charge in [-0.05, 0) is 119 Å². The number of hydrogen-bond donors (Lipinski definition) is 15. The third-order valence-electron chi connectivity index (χ3n) is 16.0. The maximum absolute atomic E-state index is 14.7. The molecule has 2 saturated heterocycles. The molecule has 0 aliphatic carbocycles. The fraction of sp³-hybridized carbons (Fsp3) is 0.587. The molecule has 95 heavy (non-hydrogen) atoms. The highest BCUT2D eigenvalue weighted by atomic mass is 32.2. The zero-order chi connectivity index (χ0) is 70.1. The van der Waals surface area contributed by atoms with E-state index in [9.17, 15) is 62.3 Å². The monoisotopic (exact) mass is 1350 g/mol. The molecule has 32 heteroatoms. The van der Waals surface area contributed by atoms with Crippen molar-refractivity contribution in [2.45, 2.75) is 183 Å². The molecule has 2 aromatic rings. The Bertz CT molecular complexity index is 2960. The van der Waals surface area contributed by atoms with Crippen molar-refractivity contribution in [2.24, 2.45) is 51.0 Å². The van der Waals surface area contributed by atoms with Crippen molar-refractivity contribution >= 4 is 94.5 Å². The molecular formula is C63H98N18O13S. The molecule has 22 N–H and O–H groups in total. The van der Waals surface area contributed by atoms with Crippen LogP contribution in [0.2, 0.25) is 0 Å². The summed E-state index contributed by atoms with van der Waals surface area (Å²) in [6, 6.07) is 4.51. The number of unbranched alkanes of at least 4 members (excludes halogenated alkanes) is 1. The Hall–Kier alpha value is -8.91. The second-order valence-corrected chi connectivity index (χ2v) is 25.1. The van der Waals surface area contributed by atoms with E-state index in [1.165, 1.54) is 21.6 Å². The highest BCUT2D eigenvalue weighted by Crippen LogP contribution is 2.24. The molecule has 2 aliphatic rings. The van der Waals surface area contributed by atoms with Gasteiger partial charge in [0.25, 0.3) is 0 Å². The molecule has 0 aromatic heterocycles. The number of nitrogens with two attached hydrogens (primary N) is 7. The van der Waals surface area contributed by atoms with E-state index in [2.05, 4.69) is 47.5 Å². The van der Waals surface area contributed by atoms with Crippen LogP contribution in [0.5, 0.6) is 0 Å². The minimum Gasteiger partial charge on any atom is -0.370 e. The highest BCUT2D eigenvalue weighted by Gasteiger charge is 2.42. The van der Waals surface area contributed by atoms with Gasteiger partial charge in [-0.15, -0.1) is 0 Å². The zero-order valence-corrected chi connectivity index (χ0v) is 55.3. The second kappa shape index (κ2) is 41.0.